The van der Waals surface area contributed by atoms with Gasteiger partial charge in [-0.3, -0.25) is 0 Å². The standard InChI is InChI=1S/C17H18N4OS/c1-2-9-16-13(5-1)6-3-7-14(16)12-23-17-18-19-20-21(17)11-15-8-4-10-22-15/h1-3,5-7,9,15H,4,8,10-12H2/t15-/m1/s1. The van der Waals surface area contributed by atoms with Gasteiger partial charge in [0.1, 0.15) is 0 Å². The molecule has 6 heteroatoms. The molecule has 0 aliphatic carbocycles. The fourth-order valence-corrected chi connectivity index (χ4v) is 3.85. The van der Waals surface area contributed by atoms with E-state index >= 15 is 0 Å². The second kappa shape index (κ2) is 6.68. The Kier molecular flexibility index (Phi) is 4.26. The maximum absolute atomic E-state index is 5.68. The van der Waals surface area contributed by atoms with Crippen LogP contribution < -0.4 is 0 Å². The summed E-state index contributed by atoms with van der Waals surface area (Å²) in [5, 5.41) is 15.5. The largest absolute Gasteiger partial charge is 0.376 e. The first kappa shape index (κ1) is 14.7. The van der Waals surface area contributed by atoms with Crippen molar-refractivity contribution in [2.24, 2.45) is 0 Å². The zero-order valence-corrected chi connectivity index (χ0v) is 13.6. The van der Waals surface area contributed by atoms with E-state index in [4.69, 9.17) is 4.74 Å². The summed E-state index contributed by atoms with van der Waals surface area (Å²) in [6, 6.07) is 14.9. The Morgan fingerprint density at radius 2 is 2.09 bits per heavy atom. The Balaban J connectivity index is 1.49. The average molecular weight is 326 g/mol. The van der Waals surface area contributed by atoms with Crippen LogP contribution in [-0.2, 0) is 17.0 Å². The molecule has 23 heavy (non-hydrogen) atoms. The minimum absolute atomic E-state index is 0.246. The molecule has 0 spiro atoms. The Morgan fingerprint density at radius 1 is 1.17 bits per heavy atom. The molecule has 0 amide bonds. The molecule has 1 saturated heterocycles. The number of hydrogen-bond donors (Lipinski definition) is 0. The lowest BCUT2D eigenvalue weighted by Crippen LogP contribution is -2.16. The van der Waals surface area contributed by atoms with Gasteiger partial charge in [-0.1, -0.05) is 54.2 Å². The molecule has 1 aliphatic heterocycles. The van der Waals surface area contributed by atoms with Crippen molar-refractivity contribution in [2.45, 2.75) is 36.4 Å². The number of thioether (sulfide) groups is 1. The van der Waals surface area contributed by atoms with Crippen molar-refractivity contribution in [1.82, 2.24) is 20.2 Å². The first-order valence-corrected chi connectivity index (χ1v) is 8.86. The third-order valence-corrected chi connectivity index (χ3v) is 5.14. The molecule has 0 radical (unpaired) electrons. The highest BCUT2D eigenvalue weighted by atomic mass is 32.2. The van der Waals surface area contributed by atoms with Gasteiger partial charge in [-0.2, -0.15) is 0 Å². The lowest BCUT2D eigenvalue weighted by Gasteiger charge is -2.10. The zero-order valence-electron chi connectivity index (χ0n) is 12.8. The van der Waals surface area contributed by atoms with E-state index in [0.29, 0.717) is 0 Å². The number of aromatic nitrogens is 4. The number of fused-ring (bicyclic) bond motifs is 1. The molecule has 5 nitrogen and oxygen atoms in total. The third-order valence-electron chi connectivity index (χ3n) is 4.14. The SMILES string of the molecule is c1ccc2c(CSc3nnnn3C[C@H]3CCCO3)cccc2c1. The molecule has 1 aliphatic rings. The summed E-state index contributed by atoms with van der Waals surface area (Å²) in [6.07, 6.45) is 2.47. The fraction of sp³-hybridized carbons (Fsp3) is 0.353. The summed E-state index contributed by atoms with van der Waals surface area (Å²) in [5.74, 6) is 0.854. The van der Waals surface area contributed by atoms with Gasteiger partial charge in [0.15, 0.2) is 0 Å². The Hall–Kier alpha value is -1.92. The molecular weight excluding hydrogens is 308 g/mol. The van der Waals surface area contributed by atoms with Gasteiger partial charge in [0, 0.05) is 12.4 Å². The number of tetrazole rings is 1. The lowest BCUT2D eigenvalue weighted by atomic mass is 10.1. The van der Waals surface area contributed by atoms with Crippen molar-refractivity contribution in [3.63, 3.8) is 0 Å². The number of nitrogens with zero attached hydrogens (tertiary/aromatic N) is 4. The van der Waals surface area contributed by atoms with Crippen LogP contribution in [0.3, 0.4) is 0 Å². The number of benzene rings is 2. The summed E-state index contributed by atoms with van der Waals surface area (Å²) in [4.78, 5) is 0. The van der Waals surface area contributed by atoms with Gasteiger partial charge < -0.3 is 4.74 Å². The monoisotopic (exact) mass is 326 g/mol. The van der Waals surface area contributed by atoms with Crippen LogP contribution in [0, 0.1) is 0 Å². The van der Waals surface area contributed by atoms with E-state index in [1.54, 1.807) is 11.8 Å². The van der Waals surface area contributed by atoms with Gasteiger partial charge in [-0.15, -0.1) is 5.10 Å². The molecule has 4 rings (SSSR count). The van der Waals surface area contributed by atoms with Crippen LogP contribution in [0.4, 0.5) is 0 Å². The van der Waals surface area contributed by atoms with Crippen molar-refractivity contribution in [2.75, 3.05) is 6.61 Å². The normalized spacial score (nSPS) is 17.8. The highest BCUT2D eigenvalue weighted by Gasteiger charge is 2.19. The topological polar surface area (TPSA) is 52.8 Å². The van der Waals surface area contributed by atoms with Gasteiger partial charge in [0.05, 0.1) is 12.6 Å². The maximum Gasteiger partial charge on any atom is 0.209 e. The molecule has 1 atom stereocenters. The smallest absolute Gasteiger partial charge is 0.209 e. The van der Waals surface area contributed by atoms with Gasteiger partial charge in [0.25, 0.3) is 0 Å². The Bertz CT molecular complexity index is 793. The summed E-state index contributed by atoms with van der Waals surface area (Å²) in [5.41, 5.74) is 1.31. The van der Waals surface area contributed by atoms with Crippen molar-refractivity contribution < 1.29 is 4.74 Å². The van der Waals surface area contributed by atoms with Gasteiger partial charge in [-0.25, -0.2) is 4.68 Å². The molecule has 0 saturated carbocycles. The Labute approximate surface area is 139 Å². The van der Waals surface area contributed by atoms with Crippen LogP contribution in [0.15, 0.2) is 47.6 Å². The van der Waals surface area contributed by atoms with Crippen LogP contribution in [-0.4, -0.2) is 32.9 Å². The maximum atomic E-state index is 5.68. The predicted octanol–water partition coefficient (Wildman–Crippen LogP) is 3.30. The van der Waals surface area contributed by atoms with Crippen LogP contribution in [0.5, 0.6) is 0 Å². The van der Waals surface area contributed by atoms with Crippen LogP contribution >= 0.6 is 11.8 Å². The van der Waals surface area contributed by atoms with E-state index in [1.165, 1.54) is 16.3 Å². The Morgan fingerprint density at radius 3 is 3.00 bits per heavy atom. The van der Waals surface area contributed by atoms with Crippen molar-refractivity contribution in [1.29, 1.82) is 0 Å². The van der Waals surface area contributed by atoms with Gasteiger partial charge >= 0.3 is 0 Å². The molecule has 0 bridgehead atoms. The molecule has 0 unspecified atom stereocenters. The van der Waals surface area contributed by atoms with E-state index in [-0.39, 0.29) is 6.10 Å². The van der Waals surface area contributed by atoms with E-state index < -0.39 is 0 Å². The van der Waals surface area contributed by atoms with Crippen LogP contribution in [0.2, 0.25) is 0 Å². The molecule has 118 valence electrons. The lowest BCUT2D eigenvalue weighted by molar-refractivity contribution is 0.0912. The molecule has 2 aromatic carbocycles. The van der Waals surface area contributed by atoms with Crippen LogP contribution in [0.25, 0.3) is 10.8 Å². The summed E-state index contributed by atoms with van der Waals surface area (Å²) >= 11 is 1.68. The predicted molar refractivity (Wildman–Crippen MR) is 90.3 cm³/mol. The minimum atomic E-state index is 0.246. The number of hydrogen-bond acceptors (Lipinski definition) is 5. The number of ether oxygens (including phenoxy) is 1. The molecule has 3 aromatic rings. The van der Waals surface area contributed by atoms with Crippen molar-refractivity contribution in [3.8, 4) is 0 Å². The average Bonchev–Trinajstić information content (AvgIpc) is 3.25. The minimum Gasteiger partial charge on any atom is -0.376 e. The summed E-state index contributed by atoms with van der Waals surface area (Å²) in [7, 11) is 0. The molecule has 0 N–H and O–H groups in total. The van der Waals surface area contributed by atoms with Crippen molar-refractivity contribution in [3.05, 3.63) is 48.0 Å². The highest BCUT2D eigenvalue weighted by molar-refractivity contribution is 7.98. The van der Waals surface area contributed by atoms with E-state index in [2.05, 4.69) is 58.0 Å². The van der Waals surface area contributed by atoms with Gasteiger partial charge in [-0.05, 0) is 39.6 Å². The zero-order chi connectivity index (χ0) is 15.5. The molecule has 2 heterocycles. The first-order chi connectivity index (χ1) is 11.4. The summed E-state index contributed by atoms with van der Waals surface area (Å²) in [6.45, 7) is 1.59. The molecule has 1 aromatic heterocycles. The molecular formula is C17H18N4OS. The summed E-state index contributed by atoms with van der Waals surface area (Å²) < 4.78 is 7.54. The third kappa shape index (κ3) is 3.23. The van der Waals surface area contributed by atoms with Crippen molar-refractivity contribution >= 4 is 22.5 Å². The van der Waals surface area contributed by atoms with E-state index in [0.717, 1.165) is 36.9 Å². The quantitative estimate of drug-likeness (QED) is 0.673. The van der Waals surface area contributed by atoms with Gasteiger partial charge in [0.2, 0.25) is 5.16 Å². The van der Waals surface area contributed by atoms with E-state index in [1.807, 2.05) is 4.68 Å². The number of rotatable bonds is 5. The van der Waals surface area contributed by atoms with E-state index in [9.17, 15) is 0 Å². The van der Waals surface area contributed by atoms with Crippen LogP contribution in [0.1, 0.15) is 18.4 Å². The fourth-order valence-electron chi connectivity index (χ4n) is 2.96. The second-order valence-corrected chi connectivity index (χ2v) is 6.65. The second-order valence-electron chi connectivity index (χ2n) is 5.71. The first-order valence-electron chi connectivity index (χ1n) is 7.87. The molecule has 1 fully saturated rings. The highest BCUT2D eigenvalue weighted by Crippen LogP contribution is 2.26.